The number of carbonyl (C=O) groups is 1. The van der Waals surface area contributed by atoms with Crippen molar-refractivity contribution in [3.8, 4) is 11.5 Å². The summed E-state index contributed by atoms with van der Waals surface area (Å²) in [6.45, 7) is 7.09. The summed E-state index contributed by atoms with van der Waals surface area (Å²) < 4.78 is 10.5. The zero-order chi connectivity index (χ0) is 18.4. The summed E-state index contributed by atoms with van der Waals surface area (Å²) in [6.07, 6.45) is 0. The van der Waals surface area contributed by atoms with E-state index < -0.39 is 0 Å². The largest absolute Gasteiger partial charge is 0.497 e. The summed E-state index contributed by atoms with van der Waals surface area (Å²) >= 11 is 0. The molecule has 134 valence electrons. The van der Waals surface area contributed by atoms with Gasteiger partial charge in [0.05, 0.1) is 14.2 Å². The van der Waals surface area contributed by atoms with Gasteiger partial charge < -0.3 is 20.1 Å². The van der Waals surface area contributed by atoms with Gasteiger partial charge in [0, 0.05) is 24.7 Å². The molecule has 0 aliphatic rings. The summed E-state index contributed by atoms with van der Waals surface area (Å²) in [5.41, 5.74) is 5.66. The lowest BCUT2D eigenvalue weighted by atomic mass is 10.00. The van der Waals surface area contributed by atoms with E-state index in [1.807, 2.05) is 12.1 Å². The molecule has 2 N–H and O–H groups in total. The number of hydrogen-bond acceptors (Lipinski definition) is 3. The first kappa shape index (κ1) is 18.6. The second-order valence-electron chi connectivity index (χ2n) is 6.09. The number of hydrogen-bond donors (Lipinski definition) is 2. The maximum absolute atomic E-state index is 12.1. The normalized spacial score (nSPS) is 10.3. The van der Waals surface area contributed by atoms with Gasteiger partial charge in [-0.05, 0) is 49.6 Å². The summed E-state index contributed by atoms with van der Waals surface area (Å²) in [6, 6.07) is 9.57. The lowest BCUT2D eigenvalue weighted by Gasteiger charge is -2.14. The van der Waals surface area contributed by atoms with E-state index in [0.29, 0.717) is 18.8 Å². The zero-order valence-corrected chi connectivity index (χ0v) is 15.5. The van der Waals surface area contributed by atoms with E-state index in [1.54, 1.807) is 20.3 Å². The molecule has 0 radical (unpaired) electrons. The SMILES string of the molecule is COc1ccc(CNC(=O)NCc2c(C)cc(C)cc2C)c(OC)c1. The van der Waals surface area contributed by atoms with E-state index >= 15 is 0 Å². The van der Waals surface area contributed by atoms with E-state index in [1.165, 1.54) is 16.7 Å². The Morgan fingerprint density at radius 2 is 1.56 bits per heavy atom. The van der Waals surface area contributed by atoms with Crippen LogP contribution in [0.25, 0.3) is 0 Å². The summed E-state index contributed by atoms with van der Waals surface area (Å²) in [4.78, 5) is 12.1. The molecule has 0 atom stereocenters. The van der Waals surface area contributed by atoms with Gasteiger partial charge in [-0.3, -0.25) is 0 Å². The van der Waals surface area contributed by atoms with Gasteiger partial charge >= 0.3 is 6.03 Å². The summed E-state index contributed by atoms with van der Waals surface area (Å²) in [5, 5.41) is 5.78. The first-order valence-corrected chi connectivity index (χ1v) is 8.24. The molecule has 2 aromatic carbocycles. The standard InChI is InChI=1S/C20H26N2O3/c1-13-8-14(2)18(15(3)9-13)12-22-20(23)21-11-16-6-7-17(24-4)10-19(16)25-5/h6-10H,11-12H2,1-5H3,(H2,21,22,23). The molecule has 5 heteroatoms. The second-order valence-corrected chi connectivity index (χ2v) is 6.09. The third-order valence-electron chi connectivity index (χ3n) is 4.20. The Bertz CT molecular complexity index is 734. The molecular weight excluding hydrogens is 316 g/mol. The van der Waals surface area contributed by atoms with Crippen LogP contribution in [-0.2, 0) is 13.1 Å². The van der Waals surface area contributed by atoms with Crippen LogP contribution < -0.4 is 20.1 Å². The molecule has 0 heterocycles. The molecule has 5 nitrogen and oxygen atoms in total. The van der Waals surface area contributed by atoms with Crippen molar-refractivity contribution in [3.05, 3.63) is 58.1 Å². The van der Waals surface area contributed by atoms with Crippen LogP contribution in [0.5, 0.6) is 11.5 Å². The minimum Gasteiger partial charge on any atom is -0.497 e. The van der Waals surface area contributed by atoms with Crippen molar-refractivity contribution >= 4 is 6.03 Å². The van der Waals surface area contributed by atoms with Crippen LogP contribution in [0, 0.1) is 20.8 Å². The number of carbonyl (C=O) groups excluding carboxylic acids is 1. The van der Waals surface area contributed by atoms with Crippen LogP contribution in [0.3, 0.4) is 0 Å². The van der Waals surface area contributed by atoms with Crippen molar-refractivity contribution in [2.75, 3.05) is 14.2 Å². The molecule has 0 spiro atoms. The molecule has 2 rings (SSSR count). The number of aryl methyl sites for hydroxylation is 3. The van der Waals surface area contributed by atoms with Crippen LogP contribution in [0.2, 0.25) is 0 Å². The number of amides is 2. The van der Waals surface area contributed by atoms with Gasteiger partial charge in [0.1, 0.15) is 11.5 Å². The van der Waals surface area contributed by atoms with Gasteiger partial charge in [-0.1, -0.05) is 17.7 Å². The third kappa shape index (κ3) is 4.89. The Morgan fingerprint density at radius 3 is 2.16 bits per heavy atom. The summed E-state index contributed by atoms with van der Waals surface area (Å²) in [7, 11) is 3.20. The fourth-order valence-electron chi connectivity index (χ4n) is 2.89. The quantitative estimate of drug-likeness (QED) is 0.843. The van der Waals surface area contributed by atoms with Crippen LogP contribution >= 0.6 is 0 Å². The van der Waals surface area contributed by atoms with Crippen molar-refractivity contribution in [2.45, 2.75) is 33.9 Å². The van der Waals surface area contributed by atoms with Crippen molar-refractivity contribution in [3.63, 3.8) is 0 Å². The highest BCUT2D eigenvalue weighted by molar-refractivity contribution is 5.74. The van der Waals surface area contributed by atoms with E-state index in [2.05, 4.69) is 43.5 Å². The number of urea groups is 1. The van der Waals surface area contributed by atoms with Crippen LogP contribution in [0.4, 0.5) is 4.79 Å². The number of rotatable bonds is 6. The average molecular weight is 342 g/mol. The predicted octanol–water partition coefficient (Wildman–Crippen LogP) is 3.63. The molecule has 0 fully saturated rings. The first-order valence-electron chi connectivity index (χ1n) is 8.24. The Hall–Kier alpha value is -2.69. The number of ether oxygens (including phenoxy) is 2. The van der Waals surface area contributed by atoms with E-state index in [0.717, 1.165) is 16.9 Å². The Morgan fingerprint density at radius 1 is 0.920 bits per heavy atom. The Kier molecular flexibility index (Phi) is 6.28. The Labute approximate surface area is 149 Å². The molecule has 0 aliphatic carbocycles. The van der Waals surface area contributed by atoms with E-state index in [9.17, 15) is 4.79 Å². The highest BCUT2D eigenvalue weighted by atomic mass is 16.5. The van der Waals surface area contributed by atoms with Crippen LogP contribution in [0.1, 0.15) is 27.8 Å². The lowest BCUT2D eigenvalue weighted by Crippen LogP contribution is -2.35. The molecule has 25 heavy (non-hydrogen) atoms. The van der Waals surface area contributed by atoms with Crippen molar-refractivity contribution in [2.24, 2.45) is 0 Å². The van der Waals surface area contributed by atoms with Gasteiger partial charge in [0.25, 0.3) is 0 Å². The molecule has 2 amide bonds. The molecule has 0 saturated heterocycles. The topological polar surface area (TPSA) is 59.6 Å². The van der Waals surface area contributed by atoms with Crippen molar-refractivity contribution in [1.82, 2.24) is 10.6 Å². The number of methoxy groups -OCH3 is 2. The van der Waals surface area contributed by atoms with E-state index in [-0.39, 0.29) is 6.03 Å². The van der Waals surface area contributed by atoms with Crippen LogP contribution in [-0.4, -0.2) is 20.3 Å². The monoisotopic (exact) mass is 342 g/mol. The number of nitrogens with one attached hydrogen (secondary N) is 2. The molecule has 0 aliphatic heterocycles. The molecule has 0 saturated carbocycles. The van der Waals surface area contributed by atoms with Gasteiger partial charge in [-0.2, -0.15) is 0 Å². The van der Waals surface area contributed by atoms with Crippen molar-refractivity contribution < 1.29 is 14.3 Å². The lowest BCUT2D eigenvalue weighted by molar-refractivity contribution is 0.240. The molecule has 0 aromatic heterocycles. The number of benzene rings is 2. The molecular formula is C20H26N2O3. The third-order valence-corrected chi connectivity index (χ3v) is 4.20. The van der Waals surface area contributed by atoms with Gasteiger partial charge in [-0.15, -0.1) is 0 Å². The minimum absolute atomic E-state index is 0.211. The molecule has 0 bridgehead atoms. The van der Waals surface area contributed by atoms with E-state index in [4.69, 9.17) is 9.47 Å². The smallest absolute Gasteiger partial charge is 0.315 e. The first-order chi connectivity index (χ1) is 11.9. The molecule has 2 aromatic rings. The highest BCUT2D eigenvalue weighted by Crippen LogP contribution is 2.24. The van der Waals surface area contributed by atoms with Gasteiger partial charge in [-0.25, -0.2) is 4.79 Å². The van der Waals surface area contributed by atoms with Crippen molar-refractivity contribution in [1.29, 1.82) is 0 Å². The fraction of sp³-hybridized carbons (Fsp3) is 0.350. The maximum atomic E-state index is 12.1. The van der Waals surface area contributed by atoms with Crippen LogP contribution in [0.15, 0.2) is 30.3 Å². The average Bonchev–Trinajstić information content (AvgIpc) is 2.58. The Balaban J connectivity index is 1.94. The summed E-state index contributed by atoms with van der Waals surface area (Å²) in [5.74, 6) is 1.40. The minimum atomic E-state index is -0.211. The maximum Gasteiger partial charge on any atom is 0.315 e. The molecule has 0 unspecified atom stereocenters. The van der Waals surface area contributed by atoms with Gasteiger partial charge in [0.2, 0.25) is 0 Å². The fourth-order valence-corrected chi connectivity index (χ4v) is 2.89. The predicted molar refractivity (Wildman–Crippen MR) is 99.3 cm³/mol. The highest BCUT2D eigenvalue weighted by Gasteiger charge is 2.09. The second kappa shape index (κ2) is 8.42. The van der Waals surface area contributed by atoms with Gasteiger partial charge in [0.15, 0.2) is 0 Å². The zero-order valence-electron chi connectivity index (χ0n) is 15.5.